The maximum absolute atomic E-state index is 10.9. The minimum absolute atomic E-state index is 0.158. The Labute approximate surface area is 109 Å². The molecule has 2 rings (SSSR count). The van der Waals surface area contributed by atoms with Crippen LogP contribution in [-0.4, -0.2) is 29.1 Å². The van der Waals surface area contributed by atoms with Gasteiger partial charge in [-0.3, -0.25) is 4.79 Å². The number of aromatic amines is 1. The maximum Gasteiger partial charge on any atom is 0.352 e. The topological polar surface area (TPSA) is 79.4 Å². The zero-order chi connectivity index (χ0) is 13.8. The largest absolute Gasteiger partial charge is 0.477 e. The molecule has 1 aromatic heterocycles. The molecule has 0 unspecified atom stereocenters. The first-order valence-corrected chi connectivity index (χ1v) is 5.69. The Hall–Kier alpha value is -2.56. The van der Waals surface area contributed by atoms with E-state index < -0.39 is 5.97 Å². The van der Waals surface area contributed by atoms with E-state index in [0.29, 0.717) is 0 Å². The number of hydrogen-bond acceptors (Lipinski definition) is 3. The van der Waals surface area contributed by atoms with Gasteiger partial charge in [0.25, 0.3) is 0 Å². The molecule has 0 atom stereocenters. The van der Waals surface area contributed by atoms with Gasteiger partial charge in [-0.2, -0.15) is 0 Å². The molecule has 1 aromatic carbocycles. The molecule has 0 saturated heterocycles. The molecule has 2 aromatic rings. The van der Waals surface area contributed by atoms with Gasteiger partial charge in [-0.15, -0.1) is 0 Å². The minimum Gasteiger partial charge on any atom is -0.477 e. The Morgan fingerprint density at radius 3 is 2.84 bits per heavy atom. The second-order valence-corrected chi connectivity index (χ2v) is 4.02. The number of rotatable bonds is 4. The number of hydrogen-bond donors (Lipinski definition) is 2. The molecule has 19 heavy (non-hydrogen) atoms. The van der Waals surface area contributed by atoms with Crippen LogP contribution >= 0.6 is 0 Å². The summed E-state index contributed by atoms with van der Waals surface area (Å²) in [5.41, 5.74) is 1.79. The first-order chi connectivity index (χ1) is 9.10. The number of carbonyl (C=O) groups is 2. The molecular formula is C14H13NO4. The van der Waals surface area contributed by atoms with Gasteiger partial charge in [-0.05, 0) is 17.7 Å². The summed E-state index contributed by atoms with van der Waals surface area (Å²) in [7, 11) is 1.34. The SMILES string of the molecule is COC(=O)CC=Cc1ccc2cc(C(=O)O)[nH]c2c1. The predicted molar refractivity (Wildman–Crippen MR) is 70.9 cm³/mol. The van der Waals surface area contributed by atoms with Crippen molar-refractivity contribution in [3.05, 3.63) is 41.6 Å². The van der Waals surface area contributed by atoms with Gasteiger partial charge in [-0.25, -0.2) is 4.79 Å². The van der Waals surface area contributed by atoms with Crippen molar-refractivity contribution in [3.63, 3.8) is 0 Å². The van der Waals surface area contributed by atoms with Crippen LogP contribution < -0.4 is 0 Å². The second-order valence-electron chi connectivity index (χ2n) is 4.02. The number of aromatic nitrogens is 1. The van der Waals surface area contributed by atoms with E-state index >= 15 is 0 Å². The van der Waals surface area contributed by atoms with Crippen molar-refractivity contribution in [2.75, 3.05) is 7.11 Å². The van der Waals surface area contributed by atoms with Crippen LogP contribution in [0.4, 0.5) is 0 Å². The number of carboxylic acids is 1. The summed E-state index contributed by atoms with van der Waals surface area (Å²) in [4.78, 5) is 24.6. The van der Waals surface area contributed by atoms with Crippen molar-refractivity contribution in [3.8, 4) is 0 Å². The molecule has 0 saturated carbocycles. The molecule has 0 aliphatic heterocycles. The summed E-state index contributed by atoms with van der Waals surface area (Å²) in [5, 5.41) is 9.72. The second kappa shape index (κ2) is 5.39. The molecule has 0 fully saturated rings. The van der Waals surface area contributed by atoms with Gasteiger partial charge in [0.1, 0.15) is 5.69 Å². The molecule has 5 nitrogen and oxygen atoms in total. The fourth-order valence-corrected chi connectivity index (χ4v) is 1.74. The Kier molecular flexibility index (Phi) is 3.66. The Balaban J connectivity index is 2.21. The summed E-state index contributed by atoms with van der Waals surface area (Å²) in [5.74, 6) is -1.29. The van der Waals surface area contributed by atoms with Crippen LogP contribution in [0.3, 0.4) is 0 Å². The molecule has 0 aliphatic rings. The highest BCUT2D eigenvalue weighted by molar-refractivity contribution is 5.94. The lowest BCUT2D eigenvalue weighted by molar-refractivity contribution is -0.139. The third kappa shape index (κ3) is 3.01. The normalized spacial score (nSPS) is 11.0. The van der Waals surface area contributed by atoms with Gasteiger partial charge in [0.05, 0.1) is 13.5 Å². The predicted octanol–water partition coefficient (Wildman–Crippen LogP) is 2.44. The average molecular weight is 259 g/mol. The van der Waals surface area contributed by atoms with Gasteiger partial charge in [0.2, 0.25) is 0 Å². The fraction of sp³-hybridized carbons (Fsp3) is 0.143. The van der Waals surface area contributed by atoms with Crippen LogP contribution in [0, 0.1) is 0 Å². The quantitative estimate of drug-likeness (QED) is 0.826. The zero-order valence-electron chi connectivity index (χ0n) is 10.3. The standard InChI is InChI=1S/C14H13NO4/c1-19-13(16)4-2-3-9-5-6-10-8-12(14(17)18)15-11(10)7-9/h2-3,5-8,15H,4H2,1H3,(H,17,18). The molecular weight excluding hydrogens is 246 g/mol. The monoisotopic (exact) mass is 259 g/mol. The lowest BCUT2D eigenvalue weighted by atomic mass is 10.1. The van der Waals surface area contributed by atoms with E-state index in [4.69, 9.17) is 5.11 Å². The summed E-state index contributed by atoms with van der Waals surface area (Å²) < 4.78 is 4.53. The first-order valence-electron chi connectivity index (χ1n) is 5.69. The number of esters is 1. The fourth-order valence-electron chi connectivity index (χ4n) is 1.74. The third-order valence-electron chi connectivity index (χ3n) is 2.70. The smallest absolute Gasteiger partial charge is 0.352 e. The average Bonchev–Trinajstić information content (AvgIpc) is 2.81. The van der Waals surface area contributed by atoms with Crippen molar-refractivity contribution in [1.29, 1.82) is 0 Å². The molecule has 1 heterocycles. The van der Waals surface area contributed by atoms with Gasteiger partial charge < -0.3 is 14.8 Å². The van der Waals surface area contributed by atoms with Gasteiger partial charge in [0.15, 0.2) is 0 Å². The number of aromatic carboxylic acids is 1. The van der Waals surface area contributed by atoms with Crippen LogP contribution in [0.5, 0.6) is 0 Å². The van der Waals surface area contributed by atoms with E-state index in [1.165, 1.54) is 7.11 Å². The zero-order valence-corrected chi connectivity index (χ0v) is 10.3. The molecule has 0 radical (unpaired) electrons. The molecule has 0 bridgehead atoms. The number of benzene rings is 1. The van der Waals surface area contributed by atoms with Crippen LogP contribution in [-0.2, 0) is 9.53 Å². The van der Waals surface area contributed by atoms with Gasteiger partial charge >= 0.3 is 11.9 Å². The third-order valence-corrected chi connectivity index (χ3v) is 2.70. The summed E-state index contributed by atoms with van der Waals surface area (Å²) >= 11 is 0. The van der Waals surface area contributed by atoms with Crippen molar-refractivity contribution < 1.29 is 19.4 Å². The number of methoxy groups -OCH3 is 1. The highest BCUT2D eigenvalue weighted by Gasteiger charge is 2.06. The molecule has 0 spiro atoms. The summed E-state index contributed by atoms with van der Waals surface area (Å²) in [6.07, 6.45) is 3.70. The highest BCUT2D eigenvalue weighted by Crippen LogP contribution is 2.18. The van der Waals surface area contributed by atoms with Gasteiger partial charge in [0, 0.05) is 10.9 Å². The number of carbonyl (C=O) groups excluding carboxylic acids is 1. The van der Waals surface area contributed by atoms with Gasteiger partial charge in [-0.1, -0.05) is 24.3 Å². The van der Waals surface area contributed by atoms with Crippen molar-refractivity contribution in [1.82, 2.24) is 4.98 Å². The number of fused-ring (bicyclic) bond motifs is 1. The van der Waals surface area contributed by atoms with Crippen molar-refractivity contribution in [2.24, 2.45) is 0 Å². The van der Waals surface area contributed by atoms with E-state index in [2.05, 4.69) is 9.72 Å². The van der Waals surface area contributed by atoms with Crippen molar-refractivity contribution >= 4 is 28.9 Å². The van der Waals surface area contributed by atoms with E-state index in [0.717, 1.165) is 16.5 Å². The van der Waals surface area contributed by atoms with Crippen LogP contribution in [0.25, 0.3) is 17.0 Å². The maximum atomic E-state index is 10.9. The Morgan fingerprint density at radius 2 is 2.16 bits per heavy atom. The van der Waals surface area contributed by atoms with Crippen molar-refractivity contribution in [2.45, 2.75) is 6.42 Å². The lowest BCUT2D eigenvalue weighted by Crippen LogP contribution is -1.96. The van der Waals surface area contributed by atoms with Crippen LogP contribution in [0.1, 0.15) is 22.5 Å². The number of nitrogens with one attached hydrogen (secondary N) is 1. The molecule has 0 aliphatic carbocycles. The minimum atomic E-state index is -0.987. The first kappa shape index (κ1) is 12.9. The molecule has 98 valence electrons. The lowest BCUT2D eigenvalue weighted by Gasteiger charge is -1.95. The Morgan fingerprint density at radius 1 is 1.37 bits per heavy atom. The number of H-pyrrole nitrogens is 1. The van der Waals surface area contributed by atoms with E-state index in [1.807, 2.05) is 18.2 Å². The van der Waals surface area contributed by atoms with Crippen LogP contribution in [0.2, 0.25) is 0 Å². The van der Waals surface area contributed by atoms with E-state index in [1.54, 1.807) is 18.2 Å². The van der Waals surface area contributed by atoms with E-state index in [9.17, 15) is 9.59 Å². The number of ether oxygens (including phenoxy) is 1. The van der Waals surface area contributed by atoms with Crippen LogP contribution in [0.15, 0.2) is 30.3 Å². The number of carboxylic acid groups (broad SMARTS) is 1. The molecule has 2 N–H and O–H groups in total. The highest BCUT2D eigenvalue weighted by atomic mass is 16.5. The van der Waals surface area contributed by atoms with E-state index in [-0.39, 0.29) is 18.1 Å². The molecule has 0 amide bonds. The Bertz CT molecular complexity index is 655. The molecule has 5 heteroatoms. The summed E-state index contributed by atoms with van der Waals surface area (Å²) in [6.45, 7) is 0. The summed E-state index contributed by atoms with van der Waals surface area (Å²) in [6, 6.07) is 7.10.